The van der Waals surface area contributed by atoms with E-state index in [4.69, 9.17) is 0 Å². The molecule has 13 heavy (non-hydrogen) atoms. The first-order chi connectivity index (χ1) is 6.18. The van der Waals surface area contributed by atoms with Gasteiger partial charge in [0, 0.05) is 16.3 Å². The molecule has 3 heteroatoms. The van der Waals surface area contributed by atoms with Gasteiger partial charge >= 0.3 is 0 Å². The van der Waals surface area contributed by atoms with E-state index >= 15 is 0 Å². The molecule has 1 aromatic rings. The zero-order valence-electron chi connectivity index (χ0n) is 7.12. The minimum absolute atomic E-state index is 0.0892. The average Bonchev–Trinajstić information content (AvgIpc) is 2.12. The van der Waals surface area contributed by atoms with Crippen molar-refractivity contribution >= 4 is 33.6 Å². The van der Waals surface area contributed by atoms with Crippen LogP contribution in [0.5, 0.6) is 0 Å². The lowest BCUT2D eigenvalue weighted by Gasteiger charge is -2.13. The number of rotatable bonds is 0. The third-order valence-corrected chi connectivity index (χ3v) is 2.57. The molecular weight excluding hydrogens is 230 g/mol. The highest BCUT2D eigenvalue weighted by Crippen LogP contribution is 2.28. The highest BCUT2D eigenvalue weighted by molar-refractivity contribution is 9.10. The third-order valence-electron chi connectivity index (χ3n) is 2.08. The number of aliphatic imine (C=N–C) groups is 1. The summed E-state index contributed by atoms with van der Waals surface area (Å²) in [5.41, 5.74) is 1.48. The van der Waals surface area contributed by atoms with Crippen LogP contribution in [0.1, 0.15) is 17.3 Å². The van der Waals surface area contributed by atoms with Gasteiger partial charge in [0.2, 0.25) is 0 Å². The summed E-state index contributed by atoms with van der Waals surface area (Å²) >= 11 is 3.34. The van der Waals surface area contributed by atoms with Gasteiger partial charge in [-0.3, -0.25) is 9.79 Å². The first-order valence-corrected chi connectivity index (χ1v) is 4.86. The molecule has 1 aliphatic rings. The highest BCUT2D eigenvalue weighted by Gasteiger charge is 2.20. The van der Waals surface area contributed by atoms with Crippen molar-refractivity contribution in [3.63, 3.8) is 0 Å². The largest absolute Gasteiger partial charge is 0.293 e. The molecule has 0 aromatic heterocycles. The minimum Gasteiger partial charge on any atom is -0.293 e. The van der Waals surface area contributed by atoms with Gasteiger partial charge < -0.3 is 0 Å². The van der Waals surface area contributed by atoms with E-state index in [-0.39, 0.29) is 11.7 Å². The maximum atomic E-state index is 11.6. The Balaban J connectivity index is 2.59. The number of nitrogens with zero attached hydrogens (tertiary/aromatic N) is 1. The molecule has 0 aliphatic carbocycles. The summed E-state index contributed by atoms with van der Waals surface area (Å²) in [6, 6.07) is 5.54. The normalized spacial score (nSPS) is 20.2. The predicted octanol–water partition coefficient (Wildman–Crippen LogP) is 2.98. The lowest BCUT2D eigenvalue weighted by atomic mass is 9.96. The summed E-state index contributed by atoms with van der Waals surface area (Å²) in [7, 11) is 0. The zero-order valence-corrected chi connectivity index (χ0v) is 8.71. The van der Waals surface area contributed by atoms with Crippen LogP contribution in [0, 0.1) is 5.92 Å². The van der Waals surface area contributed by atoms with Crippen molar-refractivity contribution in [3.8, 4) is 0 Å². The highest BCUT2D eigenvalue weighted by atomic mass is 79.9. The van der Waals surface area contributed by atoms with Crippen LogP contribution in [0.25, 0.3) is 0 Å². The quantitative estimate of drug-likeness (QED) is 0.683. The molecule has 66 valence electrons. The second kappa shape index (κ2) is 3.07. The van der Waals surface area contributed by atoms with Crippen LogP contribution in [-0.4, -0.2) is 12.0 Å². The molecule has 0 saturated heterocycles. The molecule has 0 spiro atoms. The lowest BCUT2D eigenvalue weighted by Crippen LogP contribution is -2.15. The van der Waals surface area contributed by atoms with Crippen molar-refractivity contribution in [1.29, 1.82) is 0 Å². The molecule has 0 saturated carbocycles. The van der Waals surface area contributed by atoms with Crippen molar-refractivity contribution in [2.24, 2.45) is 10.9 Å². The maximum absolute atomic E-state index is 11.6. The van der Waals surface area contributed by atoms with Crippen LogP contribution in [0.3, 0.4) is 0 Å². The van der Waals surface area contributed by atoms with Crippen LogP contribution in [0.2, 0.25) is 0 Å². The number of hydrogen-bond acceptors (Lipinski definition) is 2. The smallest absolute Gasteiger partial charge is 0.173 e. The predicted molar refractivity (Wildman–Crippen MR) is 55.8 cm³/mol. The van der Waals surface area contributed by atoms with Gasteiger partial charge in [-0.25, -0.2) is 0 Å². The van der Waals surface area contributed by atoms with E-state index in [0.717, 1.165) is 15.7 Å². The first-order valence-electron chi connectivity index (χ1n) is 4.06. The molecule has 1 heterocycles. The number of halogens is 1. The van der Waals surface area contributed by atoms with Crippen molar-refractivity contribution in [2.75, 3.05) is 0 Å². The Morgan fingerprint density at radius 2 is 2.23 bits per heavy atom. The topological polar surface area (TPSA) is 29.4 Å². The van der Waals surface area contributed by atoms with Crippen LogP contribution < -0.4 is 0 Å². The number of ketones is 1. The number of benzene rings is 1. The van der Waals surface area contributed by atoms with Gasteiger partial charge in [0.05, 0.1) is 11.6 Å². The minimum atomic E-state index is -0.0892. The van der Waals surface area contributed by atoms with Crippen molar-refractivity contribution in [2.45, 2.75) is 6.92 Å². The number of hydrogen-bond donors (Lipinski definition) is 0. The van der Waals surface area contributed by atoms with Gasteiger partial charge in [-0.15, -0.1) is 0 Å². The van der Waals surface area contributed by atoms with Gasteiger partial charge in [-0.1, -0.05) is 22.9 Å². The number of carbonyl (C=O) groups excluding carboxylic acids is 1. The Hall–Kier alpha value is -0.960. The van der Waals surface area contributed by atoms with Crippen molar-refractivity contribution < 1.29 is 4.79 Å². The van der Waals surface area contributed by atoms with Crippen LogP contribution in [-0.2, 0) is 0 Å². The number of carbonyl (C=O) groups is 1. The Morgan fingerprint density at radius 1 is 1.46 bits per heavy atom. The fourth-order valence-corrected chi connectivity index (χ4v) is 1.67. The Bertz CT molecular complexity index is 398. The fraction of sp³-hybridized carbons (Fsp3) is 0.200. The molecule has 1 aliphatic heterocycles. The SMILES string of the molecule is CC1C=Nc2cc(Br)ccc2C1=O. The third kappa shape index (κ3) is 1.44. The second-order valence-corrected chi connectivity index (χ2v) is 4.01. The van der Waals surface area contributed by atoms with Gasteiger partial charge in [-0.05, 0) is 18.2 Å². The molecule has 0 amide bonds. The van der Waals surface area contributed by atoms with Crippen molar-refractivity contribution in [3.05, 3.63) is 28.2 Å². The Kier molecular flexibility index (Phi) is 2.04. The zero-order chi connectivity index (χ0) is 9.42. The van der Waals surface area contributed by atoms with E-state index in [1.54, 1.807) is 6.21 Å². The molecular formula is C10H8BrNO. The monoisotopic (exact) mass is 237 g/mol. The Morgan fingerprint density at radius 3 is 3.00 bits per heavy atom. The summed E-state index contributed by atoms with van der Waals surface area (Å²) < 4.78 is 0.950. The molecule has 1 atom stereocenters. The Labute approximate surface area is 84.8 Å². The van der Waals surface area contributed by atoms with Gasteiger partial charge in [-0.2, -0.15) is 0 Å². The number of fused-ring (bicyclic) bond motifs is 1. The summed E-state index contributed by atoms with van der Waals surface area (Å²) in [6.07, 6.45) is 1.69. The molecule has 0 bridgehead atoms. The standard InChI is InChI=1S/C10H8BrNO/c1-6-5-12-9-4-7(11)2-3-8(9)10(6)13/h2-6H,1H3. The van der Waals surface area contributed by atoms with Gasteiger partial charge in [0.1, 0.15) is 0 Å². The second-order valence-electron chi connectivity index (χ2n) is 3.09. The van der Waals surface area contributed by atoms with E-state index in [1.807, 2.05) is 25.1 Å². The van der Waals surface area contributed by atoms with E-state index in [2.05, 4.69) is 20.9 Å². The molecule has 1 aromatic carbocycles. The summed E-state index contributed by atoms with van der Waals surface area (Å²) in [4.78, 5) is 15.8. The average molecular weight is 238 g/mol. The van der Waals surface area contributed by atoms with Crippen molar-refractivity contribution in [1.82, 2.24) is 0 Å². The summed E-state index contributed by atoms with van der Waals surface area (Å²) in [6.45, 7) is 1.86. The van der Waals surface area contributed by atoms with E-state index in [0.29, 0.717) is 0 Å². The van der Waals surface area contributed by atoms with Crippen LogP contribution in [0.15, 0.2) is 27.7 Å². The van der Waals surface area contributed by atoms with E-state index in [9.17, 15) is 4.79 Å². The molecule has 0 N–H and O–H groups in total. The maximum Gasteiger partial charge on any atom is 0.173 e. The van der Waals surface area contributed by atoms with Gasteiger partial charge in [0.15, 0.2) is 5.78 Å². The fourth-order valence-electron chi connectivity index (χ4n) is 1.33. The summed E-state index contributed by atoms with van der Waals surface area (Å²) in [5.74, 6) is 0.0613. The molecule has 1 unspecified atom stereocenters. The summed E-state index contributed by atoms with van der Waals surface area (Å²) in [5, 5.41) is 0. The van der Waals surface area contributed by atoms with Crippen LogP contribution in [0.4, 0.5) is 5.69 Å². The van der Waals surface area contributed by atoms with Crippen LogP contribution >= 0.6 is 15.9 Å². The lowest BCUT2D eigenvalue weighted by molar-refractivity contribution is 0.0962. The molecule has 0 radical (unpaired) electrons. The number of Topliss-reactive ketones (excluding diaryl/α,β-unsaturated/α-hetero) is 1. The van der Waals surface area contributed by atoms with E-state index in [1.165, 1.54) is 0 Å². The van der Waals surface area contributed by atoms with E-state index < -0.39 is 0 Å². The molecule has 0 fully saturated rings. The van der Waals surface area contributed by atoms with Gasteiger partial charge in [0.25, 0.3) is 0 Å². The molecule has 2 nitrogen and oxygen atoms in total. The molecule has 2 rings (SSSR count). The first kappa shape index (κ1) is 8.63.